The normalized spacial score (nSPS) is 16.5. The summed E-state index contributed by atoms with van der Waals surface area (Å²) in [4.78, 5) is 19.1. The van der Waals surface area contributed by atoms with Crippen molar-refractivity contribution in [3.8, 4) is 5.75 Å². The van der Waals surface area contributed by atoms with Crippen LogP contribution in [0.4, 0.5) is 0 Å². The molecule has 1 amide bonds. The Bertz CT molecular complexity index is 1210. The van der Waals surface area contributed by atoms with Gasteiger partial charge >= 0.3 is 0 Å². The van der Waals surface area contributed by atoms with Crippen LogP contribution in [0.3, 0.4) is 0 Å². The lowest BCUT2D eigenvalue weighted by Crippen LogP contribution is -2.39. The van der Waals surface area contributed by atoms with Crippen molar-refractivity contribution in [2.75, 3.05) is 13.1 Å². The molecule has 5 rings (SSSR count). The first kappa shape index (κ1) is 19.4. The van der Waals surface area contributed by atoms with E-state index in [2.05, 4.69) is 16.2 Å². The number of hydrogen-bond donors (Lipinski definition) is 0. The van der Waals surface area contributed by atoms with E-state index in [1.807, 2.05) is 36.4 Å². The number of piperidine rings is 1. The summed E-state index contributed by atoms with van der Waals surface area (Å²) in [5.41, 5.74) is 0. The highest BCUT2D eigenvalue weighted by Gasteiger charge is 2.30. The molecule has 2 aromatic heterocycles. The van der Waals surface area contributed by atoms with Crippen molar-refractivity contribution >= 4 is 16.7 Å². The zero-order chi connectivity index (χ0) is 21.2. The summed E-state index contributed by atoms with van der Waals surface area (Å²) < 4.78 is 17.0. The second-order valence-corrected chi connectivity index (χ2v) is 7.83. The molecule has 1 aliphatic heterocycles. The number of likely N-dealkylation sites (tertiary alicyclic amines) is 1. The van der Waals surface area contributed by atoms with Crippen LogP contribution in [0.2, 0.25) is 0 Å². The predicted molar refractivity (Wildman–Crippen MR) is 114 cm³/mol. The molecule has 3 heterocycles. The van der Waals surface area contributed by atoms with Gasteiger partial charge in [-0.3, -0.25) is 4.79 Å². The zero-order valence-electron chi connectivity index (χ0n) is 17.3. The number of carbonyl (C=O) groups excluding carboxylic acids is 1. The van der Waals surface area contributed by atoms with Crippen LogP contribution in [0.5, 0.6) is 5.75 Å². The number of hydrogen-bond acceptors (Lipinski definition) is 6. The van der Waals surface area contributed by atoms with Crippen molar-refractivity contribution in [2.24, 2.45) is 0 Å². The second kappa shape index (κ2) is 8.26. The van der Waals surface area contributed by atoms with E-state index in [4.69, 9.17) is 13.7 Å². The molecular weight excluding hydrogens is 394 g/mol. The average molecular weight is 417 g/mol. The quantitative estimate of drug-likeness (QED) is 0.467. The van der Waals surface area contributed by atoms with Gasteiger partial charge in [0, 0.05) is 13.1 Å². The van der Waals surface area contributed by atoms with Gasteiger partial charge in [-0.25, -0.2) is 0 Å². The van der Waals surface area contributed by atoms with Crippen LogP contribution in [-0.4, -0.2) is 34.0 Å². The number of fused-ring (bicyclic) bond motifs is 1. The third-order valence-electron chi connectivity index (χ3n) is 5.58. The molecule has 0 N–H and O–H groups in total. The molecule has 2 aromatic carbocycles. The fourth-order valence-corrected chi connectivity index (χ4v) is 3.98. The molecule has 1 aliphatic rings. The smallest absolute Gasteiger partial charge is 0.289 e. The van der Waals surface area contributed by atoms with Gasteiger partial charge in [-0.2, -0.15) is 4.98 Å². The summed E-state index contributed by atoms with van der Waals surface area (Å²) in [5, 5.41) is 6.14. The van der Waals surface area contributed by atoms with Gasteiger partial charge in [0.15, 0.2) is 11.6 Å². The third-order valence-corrected chi connectivity index (χ3v) is 5.58. The van der Waals surface area contributed by atoms with E-state index >= 15 is 0 Å². The van der Waals surface area contributed by atoms with Crippen molar-refractivity contribution in [3.63, 3.8) is 0 Å². The van der Waals surface area contributed by atoms with E-state index in [0.29, 0.717) is 36.3 Å². The minimum Gasteiger partial charge on any atom is -0.486 e. The van der Waals surface area contributed by atoms with Crippen LogP contribution in [0, 0.1) is 6.92 Å². The van der Waals surface area contributed by atoms with E-state index < -0.39 is 0 Å². The number of benzene rings is 2. The molecule has 0 radical (unpaired) electrons. The first-order valence-corrected chi connectivity index (χ1v) is 10.5. The molecule has 0 aliphatic carbocycles. The number of aromatic nitrogens is 2. The lowest BCUT2D eigenvalue weighted by Gasteiger charge is -2.30. The topological polar surface area (TPSA) is 81.6 Å². The molecule has 31 heavy (non-hydrogen) atoms. The van der Waals surface area contributed by atoms with E-state index in [1.165, 1.54) is 0 Å². The molecular formula is C24H23N3O4. The highest BCUT2D eigenvalue weighted by Crippen LogP contribution is 2.27. The van der Waals surface area contributed by atoms with E-state index in [9.17, 15) is 4.79 Å². The Balaban J connectivity index is 1.22. The average Bonchev–Trinajstić information content (AvgIpc) is 3.46. The molecule has 0 saturated carbocycles. The molecule has 1 fully saturated rings. The second-order valence-electron chi connectivity index (χ2n) is 7.83. The number of carbonyl (C=O) groups is 1. The lowest BCUT2D eigenvalue weighted by atomic mass is 9.98. The maximum atomic E-state index is 12.9. The Labute approximate surface area is 179 Å². The summed E-state index contributed by atoms with van der Waals surface area (Å²) in [6, 6.07) is 17.6. The van der Waals surface area contributed by atoms with Crippen LogP contribution < -0.4 is 4.74 Å². The maximum absolute atomic E-state index is 12.9. The monoisotopic (exact) mass is 417 g/mol. The molecule has 158 valence electrons. The molecule has 4 aromatic rings. The van der Waals surface area contributed by atoms with Crippen LogP contribution in [-0.2, 0) is 6.61 Å². The molecule has 1 unspecified atom stereocenters. The van der Waals surface area contributed by atoms with Gasteiger partial charge in [0.1, 0.15) is 18.1 Å². The van der Waals surface area contributed by atoms with Gasteiger partial charge in [0.05, 0.1) is 5.92 Å². The predicted octanol–water partition coefficient (Wildman–Crippen LogP) is 4.72. The standard InChI is InChI=1S/C24H23N3O4/c1-16-25-23(31-26-16)19-7-4-12-27(14-19)24(28)22-11-10-21(30-22)15-29-20-9-8-17-5-2-3-6-18(17)13-20/h2-3,5-6,8-11,13,19H,4,7,12,14-15H2,1H3. The molecule has 7 nitrogen and oxygen atoms in total. The van der Waals surface area contributed by atoms with E-state index in [-0.39, 0.29) is 18.4 Å². The zero-order valence-corrected chi connectivity index (χ0v) is 17.3. The van der Waals surface area contributed by atoms with Gasteiger partial charge in [0.2, 0.25) is 5.89 Å². The van der Waals surface area contributed by atoms with E-state index in [1.54, 1.807) is 24.0 Å². The summed E-state index contributed by atoms with van der Waals surface area (Å²) >= 11 is 0. The highest BCUT2D eigenvalue weighted by atomic mass is 16.5. The number of ether oxygens (including phenoxy) is 1. The molecule has 1 atom stereocenters. The van der Waals surface area contributed by atoms with Crippen molar-refractivity contribution < 1.29 is 18.5 Å². The molecule has 0 bridgehead atoms. The summed E-state index contributed by atoms with van der Waals surface area (Å²) in [7, 11) is 0. The van der Waals surface area contributed by atoms with Crippen LogP contribution in [0.25, 0.3) is 10.8 Å². The SMILES string of the molecule is Cc1noc(C2CCCN(C(=O)c3ccc(COc4ccc5ccccc5c4)o3)C2)n1. The Hall–Kier alpha value is -3.61. The Morgan fingerprint density at radius 3 is 2.87 bits per heavy atom. The minimum absolute atomic E-state index is 0.0598. The van der Waals surface area contributed by atoms with Crippen molar-refractivity contribution in [1.82, 2.24) is 15.0 Å². The highest BCUT2D eigenvalue weighted by molar-refractivity contribution is 5.91. The van der Waals surface area contributed by atoms with Gasteiger partial charge in [-0.1, -0.05) is 35.5 Å². The summed E-state index contributed by atoms with van der Waals surface area (Å²) in [6.07, 6.45) is 1.81. The molecule has 7 heteroatoms. The molecule has 1 saturated heterocycles. The number of nitrogens with zero attached hydrogens (tertiary/aromatic N) is 3. The number of furan rings is 1. The Morgan fingerprint density at radius 1 is 1.16 bits per heavy atom. The van der Waals surface area contributed by atoms with Gasteiger partial charge in [-0.05, 0) is 54.8 Å². The van der Waals surface area contributed by atoms with Crippen LogP contribution in [0.15, 0.2) is 63.5 Å². The summed E-state index contributed by atoms with van der Waals surface area (Å²) in [6.45, 7) is 3.29. The van der Waals surface area contributed by atoms with E-state index in [0.717, 1.165) is 29.4 Å². The van der Waals surface area contributed by atoms with Crippen molar-refractivity contribution in [3.05, 3.63) is 77.8 Å². The first-order chi connectivity index (χ1) is 15.2. The fourth-order valence-electron chi connectivity index (χ4n) is 3.98. The van der Waals surface area contributed by atoms with Gasteiger partial charge < -0.3 is 18.6 Å². The van der Waals surface area contributed by atoms with Crippen molar-refractivity contribution in [2.45, 2.75) is 32.3 Å². The largest absolute Gasteiger partial charge is 0.486 e. The van der Waals surface area contributed by atoms with Crippen LogP contribution in [0.1, 0.15) is 46.8 Å². The molecule has 0 spiro atoms. The number of aryl methyl sites for hydroxylation is 1. The van der Waals surface area contributed by atoms with Crippen molar-refractivity contribution in [1.29, 1.82) is 0 Å². The number of rotatable bonds is 5. The first-order valence-electron chi connectivity index (χ1n) is 10.5. The maximum Gasteiger partial charge on any atom is 0.289 e. The minimum atomic E-state index is -0.127. The fraction of sp³-hybridized carbons (Fsp3) is 0.292. The Morgan fingerprint density at radius 2 is 2.03 bits per heavy atom. The van der Waals surface area contributed by atoms with Gasteiger partial charge in [-0.15, -0.1) is 0 Å². The number of amides is 1. The summed E-state index contributed by atoms with van der Waals surface area (Å²) in [5.74, 6) is 2.83. The third kappa shape index (κ3) is 4.17. The lowest BCUT2D eigenvalue weighted by molar-refractivity contribution is 0.0659. The van der Waals surface area contributed by atoms with Gasteiger partial charge in [0.25, 0.3) is 5.91 Å². The Kier molecular flexibility index (Phi) is 5.16. The van der Waals surface area contributed by atoms with Crippen LogP contribution >= 0.6 is 0 Å².